The predicted molar refractivity (Wildman–Crippen MR) is 138 cm³/mol. The summed E-state index contributed by atoms with van der Waals surface area (Å²) >= 11 is 0. The van der Waals surface area contributed by atoms with Crippen LogP contribution in [0.25, 0.3) is 22.3 Å². The number of nitrogens with zero attached hydrogens (tertiary/aromatic N) is 7. The number of piperazine rings is 1. The normalized spacial score (nSPS) is 14.9. The molecule has 1 fully saturated rings. The Hall–Kier alpha value is -3.59. The van der Waals surface area contributed by atoms with E-state index in [4.69, 9.17) is 0 Å². The van der Waals surface area contributed by atoms with Crippen LogP contribution in [-0.2, 0) is 0 Å². The second-order valence-electron chi connectivity index (χ2n) is 9.49. The van der Waals surface area contributed by atoms with Crippen molar-refractivity contribution in [2.45, 2.75) is 39.8 Å². The fraction of sp³-hybridized carbons (Fsp3) is 0.385. The molecule has 1 aromatic carbocycles. The Morgan fingerprint density at radius 1 is 0.886 bits per heavy atom. The van der Waals surface area contributed by atoms with E-state index in [1.807, 2.05) is 36.7 Å². The summed E-state index contributed by atoms with van der Waals surface area (Å²) in [4.78, 5) is 17.9. The average Bonchev–Trinajstić information content (AvgIpc) is 3.29. The highest BCUT2D eigenvalue weighted by Gasteiger charge is 2.19. The van der Waals surface area contributed by atoms with Crippen LogP contribution in [0.15, 0.2) is 48.9 Å². The highest BCUT2D eigenvalue weighted by Crippen LogP contribution is 2.27. The first-order chi connectivity index (χ1) is 16.9. The highest BCUT2D eigenvalue weighted by atomic mass is 19.1. The number of rotatable bonds is 6. The lowest BCUT2D eigenvalue weighted by Crippen LogP contribution is -2.48. The topological polar surface area (TPSA) is 75.0 Å². The number of halogens is 1. The summed E-state index contributed by atoms with van der Waals surface area (Å²) in [6.07, 6.45) is 4.53. The molecule has 3 aromatic heterocycles. The zero-order valence-corrected chi connectivity index (χ0v) is 20.6. The number of nitrogens with one attached hydrogen (secondary N) is 1. The molecule has 0 saturated carbocycles. The van der Waals surface area contributed by atoms with Crippen molar-refractivity contribution >= 4 is 28.4 Å². The highest BCUT2D eigenvalue weighted by molar-refractivity contribution is 5.80. The first-order valence-corrected chi connectivity index (χ1v) is 12.1. The average molecular weight is 475 g/mol. The zero-order chi connectivity index (χ0) is 24.5. The molecule has 0 radical (unpaired) electrons. The third-order valence-corrected chi connectivity index (χ3v) is 6.49. The fourth-order valence-electron chi connectivity index (χ4n) is 4.48. The van der Waals surface area contributed by atoms with E-state index in [1.54, 1.807) is 12.4 Å². The van der Waals surface area contributed by atoms with Crippen LogP contribution in [-0.4, -0.2) is 61.9 Å². The number of benzene rings is 1. The Bertz CT molecular complexity index is 1310. The van der Waals surface area contributed by atoms with E-state index in [-0.39, 0.29) is 11.7 Å². The van der Waals surface area contributed by atoms with Gasteiger partial charge in [-0.05, 0) is 58.0 Å². The molecule has 8 nitrogen and oxygen atoms in total. The molecule has 0 atom stereocenters. The first-order valence-electron chi connectivity index (χ1n) is 12.1. The van der Waals surface area contributed by atoms with Gasteiger partial charge in [-0.1, -0.05) is 0 Å². The van der Waals surface area contributed by atoms with E-state index in [9.17, 15) is 4.39 Å². The molecular weight excluding hydrogens is 443 g/mol. The minimum Gasteiger partial charge on any atom is -0.369 e. The lowest BCUT2D eigenvalue weighted by Gasteiger charge is -2.38. The summed E-state index contributed by atoms with van der Waals surface area (Å²) < 4.78 is 16.6. The maximum atomic E-state index is 14.7. The Kier molecular flexibility index (Phi) is 6.34. The summed E-state index contributed by atoms with van der Waals surface area (Å²) in [6, 6.07) is 10.8. The van der Waals surface area contributed by atoms with E-state index in [2.05, 4.69) is 61.1 Å². The first kappa shape index (κ1) is 23.2. The van der Waals surface area contributed by atoms with Gasteiger partial charge in [-0.15, -0.1) is 0 Å². The molecule has 9 heteroatoms. The number of hydrogen-bond acceptors (Lipinski definition) is 7. The van der Waals surface area contributed by atoms with E-state index in [0.717, 1.165) is 42.9 Å². The van der Waals surface area contributed by atoms with Crippen LogP contribution in [0.3, 0.4) is 0 Å². The number of pyridine rings is 1. The summed E-state index contributed by atoms with van der Waals surface area (Å²) in [5, 5.41) is 7.59. The second kappa shape index (κ2) is 9.58. The van der Waals surface area contributed by atoms with Gasteiger partial charge in [0.05, 0.1) is 17.9 Å². The van der Waals surface area contributed by atoms with E-state index >= 15 is 0 Å². The van der Waals surface area contributed by atoms with Gasteiger partial charge in [0.1, 0.15) is 11.2 Å². The van der Waals surface area contributed by atoms with Crippen molar-refractivity contribution in [2.75, 3.05) is 36.4 Å². The van der Waals surface area contributed by atoms with Crippen LogP contribution >= 0.6 is 0 Å². The van der Waals surface area contributed by atoms with Crippen molar-refractivity contribution in [1.82, 2.24) is 29.6 Å². The van der Waals surface area contributed by atoms with Gasteiger partial charge in [0.2, 0.25) is 5.95 Å². The molecule has 0 unspecified atom stereocenters. The van der Waals surface area contributed by atoms with Crippen molar-refractivity contribution in [2.24, 2.45) is 0 Å². The lowest BCUT2D eigenvalue weighted by atomic mass is 10.2. The number of fused-ring (bicyclic) bond motifs is 1. The van der Waals surface area contributed by atoms with Crippen LogP contribution in [0.1, 0.15) is 33.7 Å². The molecule has 0 bridgehead atoms. The Labute approximate surface area is 204 Å². The third kappa shape index (κ3) is 4.81. The molecule has 0 aliphatic carbocycles. The molecule has 4 aromatic rings. The van der Waals surface area contributed by atoms with Crippen molar-refractivity contribution in [3.63, 3.8) is 0 Å². The third-order valence-electron chi connectivity index (χ3n) is 6.49. The lowest BCUT2D eigenvalue weighted by molar-refractivity contribution is 0.209. The molecule has 1 aliphatic heterocycles. The van der Waals surface area contributed by atoms with Gasteiger partial charge in [0, 0.05) is 61.4 Å². The van der Waals surface area contributed by atoms with Crippen LogP contribution < -0.4 is 10.2 Å². The molecule has 1 saturated heterocycles. The molecule has 0 spiro atoms. The van der Waals surface area contributed by atoms with Crippen LogP contribution in [0.5, 0.6) is 0 Å². The molecule has 35 heavy (non-hydrogen) atoms. The quantitative estimate of drug-likeness (QED) is 0.427. The van der Waals surface area contributed by atoms with Gasteiger partial charge in [-0.2, -0.15) is 5.10 Å². The number of aromatic nitrogens is 5. The van der Waals surface area contributed by atoms with Crippen molar-refractivity contribution in [1.29, 1.82) is 0 Å². The predicted octanol–water partition coefficient (Wildman–Crippen LogP) is 4.88. The monoisotopic (exact) mass is 474 g/mol. The zero-order valence-electron chi connectivity index (χ0n) is 20.6. The SMILES string of the molecule is CC(C)N1CCN(c2ccc(Nc3ncc(F)c(-c4cnc5cnn(C(C)C)c5c4)n3)cc2)CC1. The molecule has 0 amide bonds. The van der Waals surface area contributed by atoms with Gasteiger partial charge in [0.25, 0.3) is 0 Å². The Morgan fingerprint density at radius 3 is 2.31 bits per heavy atom. The maximum Gasteiger partial charge on any atom is 0.227 e. The van der Waals surface area contributed by atoms with Crippen LogP contribution in [0.2, 0.25) is 0 Å². The molecule has 182 valence electrons. The van der Waals surface area contributed by atoms with Gasteiger partial charge in [-0.25, -0.2) is 14.4 Å². The minimum atomic E-state index is -0.497. The smallest absolute Gasteiger partial charge is 0.227 e. The fourth-order valence-corrected chi connectivity index (χ4v) is 4.48. The Balaban J connectivity index is 1.33. The van der Waals surface area contributed by atoms with Crippen molar-refractivity contribution in [3.05, 3.63) is 54.7 Å². The maximum absolute atomic E-state index is 14.7. The van der Waals surface area contributed by atoms with Gasteiger partial charge < -0.3 is 10.2 Å². The minimum absolute atomic E-state index is 0.166. The second-order valence-corrected chi connectivity index (χ2v) is 9.49. The summed E-state index contributed by atoms with van der Waals surface area (Å²) in [6.45, 7) is 12.8. The summed E-state index contributed by atoms with van der Waals surface area (Å²) in [7, 11) is 0. The van der Waals surface area contributed by atoms with Crippen molar-refractivity contribution in [3.8, 4) is 11.3 Å². The van der Waals surface area contributed by atoms with Gasteiger partial charge in [0.15, 0.2) is 5.82 Å². The molecular formula is C26H31FN8. The molecule has 4 heterocycles. The molecule has 1 aliphatic rings. The standard InChI is InChI=1S/C26H31FN8/c1-17(2)33-9-11-34(12-10-33)21-7-5-20(6-8-21)31-26-29-15-22(27)25(32-26)19-13-24-23(28-14-19)16-30-35(24)18(3)4/h5-8,13-18H,9-12H2,1-4H3,(H,29,31,32). The molecule has 1 N–H and O–H groups in total. The van der Waals surface area contributed by atoms with Crippen LogP contribution in [0, 0.1) is 5.82 Å². The number of anilines is 3. The van der Waals surface area contributed by atoms with Gasteiger partial charge >= 0.3 is 0 Å². The largest absolute Gasteiger partial charge is 0.369 e. The summed E-state index contributed by atoms with van der Waals surface area (Å²) in [5.74, 6) is -0.166. The van der Waals surface area contributed by atoms with E-state index in [0.29, 0.717) is 17.6 Å². The van der Waals surface area contributed by atoms with Crippen molar-refractivity contribution < 1.29 is 4.39 Å². The van der Waals surface area contributed by atoms with E-state index < -0.39 is 5.82 Å². The Morgan fingerprint density at radius 2 is 1.63 bits per heavy atom. The van der Waals surface area contributed by atoms with Gasteiger partial charge in [-0.3, -0.25) is 14.6 Å². The number of hydrogen-bond donors (Lipinski definition) is 1. The van der Waals surface area contributed by atoms with Crippen LogP contribution in [0.4, 0.5) is 21.7 Å². The van der Waals surface area contributed by atoms with E-state index in [1.165, 1.54) is 11.9 Å². The summed E-state index contributed by atoms with van der Waals surface area (Å²) in [5.41, 5.74) is 4.43. The molecule has 5 rings (SSSR count).